The maximum absolute atomic E-state index is 9.96. The number of aliphatic hydroxyl groups is 1. The SMILES string of the molecule is OC1(C2CC2)CN(CC=C(Cl)Cl)C1. The van der Waals surface area contributed by atoms with Crippen LogP contribution in [0.3, 0.4) is 0 Å². The summed E-state index contributed by atoms with van der Waals surface area (Å²) in [5.41, 5.74) is -0.396. The molecule has 0 bridgehead atoms. The summed E-state index contributed by atoms with van der Waals surface area (Å²) < 4.78 is 0.307. The molecule has 1 aliphatic heterocycles. The van der Waals surface area contributed by atoms with Crippen molar-refractivity contribution in [3.05, 3.63) is 10.6 Å². The Hall–Kier alpha value is 0.240. The van der Waals surface area contributed by atoms with Crippen LogP contribution in [0.15, 0.2) is 10.6 Å². The second-order valence-electron chi connectivity index (χ2n) is 4.04. The maximum Gasteiger partial charge on any atom is 0.104 e. The molecule has 1 heterocycles. The van der Waals surface area contributed by atoms with E-state index in [9.17, 15) is 5.11 Å². The molecule has 0 radical (unpaired) electrons. The molecule has 0 aromatic carbocycles. The van der Waals surface area contributed by atoms with Crippen molar-refractivity contribution in [3.63, 3.8) is 0 Å². The molecule has 2 fully saturated rings. The summed E-state index contributed by atoms with van der Waals surface area (Å²) in [6.07, 6.45) is 4.14. The van der Waals surface area contributed by atoms with E-state index >= 15 is 0 Å². The van der Waals surface area contributed by atoms with E-state index in [2.05, 4.69) is 4.90 Å². The second kappa shape index (κ2) is 3.43. The zero-order valence-electron chi connectivity index (χ0n) is 7.34. The minimum Gasteiger partial charge on any atom is -0.387 e. The van der Waals surface area contributed by atoms with Crippen LogP contribution in [0.25, 0.3) is 0 Å². The zero-order valence-corrected chi connectivity index (χ0v) is 8.85. The van der Waals surface area contributed by atoms with Crippen molar-refractivity contribution in [3.8, 4) is 0 Å². The van der Waals surface area contributed by atoms with Crippen LogP contribution in [0.1, 0.15) is 12.8 Å². The standard InChI is InChI=1S/C9H13Cl2NO/c10-8(11)3-4-12-5-9(13,6-12)7-1-2-7/h3,7,13H,1-2,4-6H2. The van der Waals surface area contributed by atoms with E-state index in [-0.39, 0.29) is 0 Å². The molecular weight excluding hydrogens is 209 g/mol. The van der Waals surface area contributed by atoms with Crippen LogP contribution in [0.4, 0.5) is 0 Å². The van der Waals surface area contributed by atoms with Gasteiger partial charge < -0.3 is 5.11 Å². The topological polar surface area (TPSA) is 23.5 Å². The van der Waals surface area contributed by atoms with E-state index in [1.165, 1.54) is 12.8 Å². The fourth-order valence-corrected chi connectivity index (χ4v) is 2.07. The van der Waals surface area contributed by atoms with Gasteiger partial charge in [-0.1, -0.05) is 23.2 Å². The van der Waals surface area contributed by atoms with E-state index in [1.54, 1.807) is 6.08 Å². The lowest BCUT2D eigenvalue weighted by atomic mass is 9.89. The first-order valence-electron chi connectivity index (χ1n) is 4.56. The first-order chi connectivity index (χ1) is 6.10. The summed E-state index contributed by atoms with van der Waals surface area (Å²) >= 11 is 11.0. The molecule has 1 saturated heterocycles. The molecule has 0 aromatic rings. The van der Waals surface area contributed by atoms with Crippen LogP contribution in [-0.2, 0) is 0 Å². The third-order valence-electron chi connectivity index (χ3n) is 2.84. The van der Waals surface area contributed by atoms with Gasteiger partial charge in [-0.3, -0.25) is 4.90 Å². The Morgan fingerprint density at radius 3 is 2.54 bits per heavy atom. The van der Waals surface area contributed by atoms with E-state index in [4.69, 9.17) is 23.2 Å². The average molecular weight is 222 g/mol. The van der Waals surface area contributed by atoms with Crippen LogP contribution in [0.2, 0.25) is 0 Å². The van der Waals surface area contributed by atoms with E-state index < -0.39 is 5.60 Å². The quantitative estimate of drug-likeness (QED) is 0.786. The molecule has 0 amide bonds. The van der Waals surface area contributed by atoms with Gasteiger partial charge in [0.15, 0.2) is 0 Å². The highest BCUT2D eigenvalue weighted by molar-refractivity contribution is 6.55. The van der Waals surface area contributed by atoms with Crippen molar-refractivity contribution < 1.29 is 5.11 Å². The maximum atomic E-state index is 9.96. The Morgan fingerprint density at radius 2 is 2.08 bits per heavy atom. The number of rotatable bonds is 3. The molecule has 2 rings (SSSR count). The number of likely N-dealkylation sites (tertiary alicyclic amines) is 1. The highest BCUT2D eigenvalue weighted by Crippen LogP contribution is 2.44. The molecule has 13 heavy (non-hydrogen) atoms. The molecule has 0 atom stereocenters. The van der Waals surface area contributed by atoms with Gasteiger partial charge in [0.1, 0.15) is 4.49 Å². The summed E-state index contributed by atoms with van der Waals surface area (Å²) in [6, 6.07) is 0. The molecule has 74 valence electrons. The molecule has 0 spiro atoms. The van der Waals surface area contributed by atoms with Gasteiger partial charge in [-0.05, 0) is 24.8 Å². The van der Waals surface area contributed by atoms with Crippen molar-refractivity contribution in [2.75, 3.05) is 19.6 Å². The number of β-amino-alcohol motifs (C(OH)–C–C–N with tert-alkyl or cyclic N) is 1. The first kappa shape index (κ1) is 9.78. The largest absolute Gasteiger partial charge is 0.387 e. The van der Waals surface area contributed by atoms with Crippen molar-refractivity contribution in [1.29, 1.82) is 0 Å². The van der Waals surface area contributed by atoms with Crippen LogP contribution >= 0.6 is 23.2 Å². The molecule has 0 unspecified atom stereocenters. The summed E-state index contributed by atoms with van der Waals surface area (Å²) in [6.45, 7) is 2.29. The van der Waals surface area contributed by atoms with E-state index in [0.29, 0.717) is 10.4 Å². The van der Waals surface area contributed by atoms with Gasteiger partial charge in [-0.15, -0.1) is 0 Å². The Morgan fingerprint density at radius 1 is 1.46 bits per heavy atom. The fourth-order valence-electron chi connectivity index (χ4n) is 1.93. The molecule has 1 aliphatic carbocycles. The zero-order chi connectivity index (χ0) is 9.47. The first-order valence-corrected chi connectivity index (χ1v) is 5.32. The lowest BCUT2D eigenvalue weighted by Crippen LogP contribution is -2.62. The van der Waals surface area contributed by atoms with Crippen LogP contribution in [0.5, 0.6) is 0 Å². The Bertz CT molecular complexity index is 228. The fraction of sp³-hybridized carbons (Fsp3) is 0.778. The third-order valence-corrected chi connectivity index (χ3v) is 3.14. The van der Waals surface area contributed by atoms with Crippen LogP contribution < -0.4 is 0 Å². The van der Waals surface area contributed by atoms with Gasteiger partial charge in [0.25, 0.3) is 0 Å². The molecule has 2 aliphatic rings. The molecular formula is C9H13Cl2NO. The number of hydrogen-bond acceptors (Lipinski definition) is 2. The third kappa shape index (κ3) is 2.18. The Labute approximate surface area is 88.1 Å². The highest BCUT2D eigenvalue weighted by Gasteiger charge is 2.51. The molecule has 1 N–H and O–H groups in total. The second-order valence-corrected chi connectivity index (χ2v) is 5.05. The lowest BCUT2D eigenvalue weighted by molar-refractivity contribution is -0.108. The predicted octanol–water partition coefficient (Wildman–Crippen LogP) is 1.76. The number of halogens is 2. The van der Waals surface area contributed by atoms with Gasteiger partial charge in [0.05, 0.1) is 5.60 Å². The highest BCUT2D eigenvalue weighted by atomic mass is 35.5. The molecule has 4 heteroatoms. The van der Waals surface area contributed by atoms with Gasteiger partial charge in [0, 0.05) is 19.6 Å². The summed E-state index contributed by atoms with van der Waals surface area (Å²) in [7, 11) is 0. The van der Waals surface area contributed by atoms with Crippen molar-refractivity contribution in [2.24, 2.45) is 5.92 Å². The summed E-state index contributed by atoms with van der Waals surface area (Å²) in [5, 5.41) is 9.96. The molecule has 2 nitrogen and oxygen atoms in total. The van der Waals surface area contributed by atoms with E-state index in [0.717, 1.165) is 19.6 Å². The van der Waals surface area contributed by atoms with Gasteiger partial charge >= 0.3 is 0 Å². The van der Waals surface area contributed by atoms with Gasteiger partial charge in [0.2, 0.25) is 0 Å². The van der Waals surface area contributed by atoms with Crippen LogP contribution in [0, 0.1) is 5.92 Å². The minimum atomic E-state index is -0.396. The van der Waals surface area contributed by atoms with E-state index in [1.807, 2.05) is 0 Å². The monoisotopic (exact) mass is 221 g/mol. The Kier molecular flexibility index (Phi) is 2.58. The molecule has 1 saturated carbocycles. The minimum absolute atomic E-state index is 0.307. The van der Waals surface area contributed by atoms with Gasteiger partial charge in [-0.25, -0.2) is 0 Å². The van der Waals surface area contributed by atoms with Crippen molar-refractivity contribution >= 4 is 23.2 Å². The normalized spacial score (nSPS) is 26.7. The van der Waals surface area contributed by atoms with Crippen molar-refractivity contribution in [1.82, 2.24) is 4.90 Å². The number of nitrogens with zero attached hydrogens (tertiary/aromatic N) is 1. The lowest BCUT2D eigenvalue weighted by Gasteiger charge is -2.46. The smallest absolute Gasteiger partial charge is 0.104 e. The van der Waals surface area contributed by atoms with Crippen molar-refractivity contribution in [2.45, 2.75) is 18.4 Å². The number of hydrogen-bond donors (Lipinski definition) is 1. The Balaban J connectivity index is 1.74. The average Bonchev–Trinajstić information content (AvgIpc) is 2.77. The van der Waals surface area contributed by atoms with Gasteiger partial charge in [-0.2, -0.15) is 0 Å². The summed E-state index contributed by atoms with van der Waals surface area (Å²) in [5.74, 6) is 0.555. The van der Waals surface area contributed by atoms with Crippen LogP contribution in [-0.4, -0.2) is 35.2 Å². The summed E-state index contributed by atoms with van der Waals surface area (Å²) in [4.78, 5) is 2.14. The predicted molar refractivity (Wildman–Crippen MR) is 53.9 cm³/mol. The molecule has 0 aromatic heterocycles.